The molecule has 1 rings (SSSR count). The average Bonchev–Trinajstić information content (AvgIpc) is 2.52. The second-order valence-corrected chi connectivity index (χ2v) is 6.50. The molecule has 23 heavy (non-hydrogen) atoms. The average molecular weight is 341 g/mol. The Kier molecular flexibility index (Phi) is 6.47. The van der Waals surface area contributed by atoms with Gasteiger partial charge in [-0.25, -0.2) is 17.9 Å². The molecule has 0 radical (unpaired) electrons. The number of esters is 1. The van der Waals surface area contributed by atoms with Crippen LogP contribution in [0.4, 0.5) is 0 Å². The van der Waals surface area contributed by atoms with Crippen molar-refractivity contribution in [2.45, 2.75) is 24.8 Å². The van der Waals surface area contributed by atoms with E-state index in [9.17, 15) is 18.0 Å². The normalized spacial score (nSPS) is 12.9. The van der Waals surface area contributed by atoms with Crippen molar-refractivity contribution in [1.29, 1.82) is 0 Å². The second-order valence-electron chi connectivity index (χ2n) is 4.64. The molecule has 8 heteroatoms. The molecule has 1 aromatic rings. The van der Waals surface area contributed by atoms with Gasteiger partial charge in [-0.3, -0.25) is 4.79 Å². The number of nitrogens with one attached hydrogen (secondary N) is 1. The first-order chi connectivity index (χ1) is 10.7. The number of hydrogen-bond donors (Lipinski definition) is 1. The maximum Gasteiger partial charge on any atom is 0.331 e. The van der Waals surface area contributed by atoms with Crippen LogP contribution in [-0.4, -0.2) is 40.4 Å². The van der Waals surface area contributed by atoms with Crippen LogP contribution in [0.1, 0.15) is 19.4 Å². The maximum atomic E-state index is 11.9. The van der Waals surface area contributed by atoms with Crippen molar-refractivity contribution in [3.05, 3.63) is 29.8 Å². The van der Waals surface area contributed by atoms with Crippen LogP contribution in [0, 0.1) is 0 Å². The van der Waals surface area contributed by atoms with Gasteiger partial charge in [-0.1, -0.05) is 6.07 Å². The predicted molar refractivity (Wildman–Crippen MR) is 84.5 cm³/mol. The van der Waals surface area contributed by atoms with Gasteiger partial charge in [0.2, 0.25) is 10.0 Å². The van der Waals surface area contributed by atoms with E-state index in [1.807, 2.05) is 0 Å². The van der Waals surface area contributed by atoms with E-state index in [0.717, 1.165) is 6.08 Å². The Labute approximate surface area is 135 Å². The van der Waals surface area contributed by atoms with Crippen LogP contribution >= 0.6 is 0 Å². The van der Waals surface area contributed by atoms with Crippen molar-refractivity contribution in [2.24, 2.45) is 0 Å². The van der Waals surface area contributed by atoms with E-state index < -0.39 is 22.1 Å². The Morgan fingerprint density at radius 2 is 1.96 bits per heavy atom. The molecule has 0 aliphatic heterocycles. The standard InChI is InChI=1S/C15H19NO6S/c1-10(17)11(2)22-15(18)8-6-12-5-7-13(21-4)14(9-12)23(19,20)16-3/h5-9,11,16H,1-4H3/b8-6+. The lowest BCUT2D eigenvalue weighted by molar-refractivity contribution is -0.148. The lowest BCUT2D eigenvalue weighted by Crippen LogP contribution is -2.20. The van der Waals surface area contributed by atoms with Gasteiger partial charge in [0.25, 0.3) is 0 Å². The van der Waals surface area contributed by atoms with Gasteiger partial charge < -0.3 is 9.47 Å². The summed E-state index contributed by atoms with van der Waals surface area (Å²) in [6.45, 7) is 2.79. The first kappa shape index (κ1) is 18.9. The van der Waals surface area contributed by atoms with Gasteiger partial charge >= 0.3 is 5.97 Å². The molecule has 0 fully saturated rings. The van der Waals surface area contributed by atoms with E-state index in [2.05, 4.69) is 4.72 Å². The Hall–Kier alpha value is -2.19. The molecule has 0 saturated heterocycles. The maximum absolute atomic E-state index is 11.9. The van der Waals surface area contributed by atoms with Crippen LogP contribution in [0.25, 0.3) is 6.08 Å². The zero-order chi connectivity index (χ0) is 17.6. The lowest BCUT2D eigenvalue weighted by atomic mass is 10.2. The van der Waals surface area contributed by atoms with Crippen molar-refractivity contribution in [3.8, 4) is 5.75 Å². The Morgan fingerprint density at radius 3 is 2.48 bits per heavy atom. The number of ether oxygens (including phenoxy) is 2. The second kappa shape index (κ2) is 7.89. The number of rotatable bonds is 7. The third-order valence-electron chi connectivity index (χ3n) is 3.02. The topological polar surface area (TPSA) is 98.8 Å². The van der Waals surface area contributed by atoms with Crippen molar-refractivity contribution in [2.75, 3.05) is 14.2 Å². The summed E-state index contributed by atoms with van der Waals surface area (Å²) in [7, 11) is -1.05. The quantitative estimate of drug-likeness (QED) is 0.590. The van der Waals surface area contributed by atoms with Crippen LogP contribution < -0.4 is 9.46 Å². The minimum Gasteiger partial charge on any atom is -0.495 e. The number of carbonyl (C=O) groups is 2. The van der Waals surface area contributed by atoms with Crippen LogP contribution in [0.15, 0.2) is 29.2 Å². The zero-order valence-corrected chi connectivity index (χ0v) is 14.1. The third-order valence-corrected chi connectivity index (χ3v) is 4.46. The molecule has 1 N–H and O–H groups in total. The highest BCUT2D eigenvalue weighted by Gasteiger charge is 2.18. The molecule has 0 bridgehead atoms. The summed E-state index contributed by atoms with van der Waals surface area (Å²) in [6.07, 6.45) is 1.68. The van der Waals surface area contributed by atoms with Gasteiger partial charge in [0, 0.05) is 6.08 Å². The monoisotopic (exact) mass is 341 g/mol. The Balaban J connectivity index is 3.02. The van der Waals surface area contributed by atoms with Crippen molar-refractivity contribution < 1.29 is 27.5 Å². The van der Waals surface area contributed by atoms with E-state index in [0.29, 0.717) is 5.56 Å². The molecule has 0 heterocycles. The van der Waals surface area contributed by atoms with Gasteiger partial charge in [-0.2, -0.15) is 0 Å². The molecular weight excluding hydrogens is 322 g/mol. The van der Waals surface area contributed by atoms with Gasteiger partial charge in [-0.05, 0) is 44.7 Å². The van der Waals surface area contributed by atoms with E-state index in [4.69, 9.17) is 9.47 Å². The van der Waals surface area contributed by atoms with Crippen molar-refractivity contribution in [1.82, 2.24) is 4.72 Å². The fourth-order valence-corrected chi connectivity index (χ4v) is 2.51. The number of sulfonamides is 1. The molecule has 0 spiro atoms. The minimum atomic E-state index is -3.70. The Morgan fingerprint density at radius 1 is 1.30 bits per heavy atom. The van der Waals surface area contributed by atoms with E-state index in [-0.39, 0.29) is 16.4 Å². The number of benzene rings is 1. The highest BCUT2D eigenvalue weighted by Crippen LogP contribution is 2.25. The van der Waals surface area contributed by atoms with Gasteiger partial charge in [0.1, 0.15) is 10.6 Å². The number of Topliss-reactive ketones (excluding diaryl/α,β-unsaturated/α-hetero) is 1. The summed E-state index contributed by atoms with van der Waals surface area (Å²) in [4.78, 5) is 22.6. The SMILES string of the molecule is CNS(=O)(=O)c1cc(/C=C/C(=O)OC(C)C(C)=O)ccc1OC. The fraction of sp³-hybridized carbons (Fsp3) is 0.333. The molecular formula is C15H19NO6S. The van der Waals surface area contributed by atoms with Gasteiger partial charge in [0.15, 0.2) is 11.9 Å². The van der Waals surface area contributed by atoms with E-state index in [1.165, 1.54) is 46.2 Å². The first-order valence-electron chi connectivity index (χ1n) is 6.72. The van der Waals surface area contributed by atoms with E-state index in [1.54, 1.807) is 6.07 Å². The van der Waals surface area contributed by atoms with Crippen LogP contribution in [0.3, 0.4) is 0 Å². The first-order valence-corrected chi connectivity index (χ1v) is 8.20. The number of hydrogen-bond acceptors (Lipinski definition) is 6. The molecule has 0 saturated carbocycles. The lowest BCUT2D eigenvalue weighted by Gasteiger charge is -2.09. The Bertz CT molecular complexity index is 723. The molecule has 7 nitrogen and oxygen atoms in total. The summed E-state index contributed by atoms with van der Waals surface area (Å²) >= 11 is 0. The molecule has 0 aromatic heterocycles. The zero-order valence-electron chi connectivity index (χ0n) is 13.3. The number of ketones is 1. The van der Waals surface area contributed by atoms with Gasteiger partial charge in [0.05, 0.1) is 7.11 Å². The van der Waals surface area contributed by atoms with Crippen molar-refractivity contribution in [3.63, 3.8) is 0 Å². The molecule has 0 amide bonds. The van der Waals surface area contributed by atoms with E-state index >= 15 is 0 Å². The van der Waals surface area contributed by atoms with Crippen LogP contribution in [0.5, 0.6) is 5.75 Å². The highest BCUT2D eigenvalue weighted by atomic mass is 32.2. The summed E-state index contributed by atoms with van der Waals surface area (Å²) in [5, 5.41) is 0. The molecule has 0 aliphatic carbocycles. The molecule has 126 valence electrons. The number of carbonyl (C=O) groups excluding carboxylic acids is 2. The van der Waals surface area contributed by atoms with Crippen LogP contribution in [0.2, 0.25) is 0 Å². The highest BCUT2D eigenvalue weighted by molar-refractivity contribution is 7.89. The van der Waals surface area contributed by atoms with Gasteiger partial charge in [-0.15, -0.1) is 0 Å². The number of methoxy groups -OCH3 is 1. The summed E-state index contributed by atoms with van der Waals surface area (Å²) < 4.78 is 36.0. The summed E-state index contributed by atoms with van der Waals surface area (Å²) in [6, 6.07) is 4.43. The predicted octanol–water partition coefficient (Wildman–Crippen LogP) is 1.14. The van der Waals surface area contributed by atoms with Crippen LogP contribution in [-0.2, 0) is 24.3 Å². The molecule has 1 aromatic carbocycles. The summed E-state index contributed by atoms with van der Waals surface area (Å²) in [5.41, 5.74) is 0.465. The molecule has 1 unspecified atom stereocenters. The largest absolute Gasteiger partial charge is 0.495 e. The molecule has 1 atom stereocenters. The smallest absolute Gasteiger partial charge is 0.331 e. The third kappa shape index (κ3) is 5.19. The minimum absolute atomic E-state index is 0.0462. The fourth-order valence-electron chi connectivity index (χ4n) is 1.58. The summed E-state index contributed by atoms with van der Waals surface area (Å²) in [5.74, 6) is -0.774. The van der Waals surface area contributed by atoms with Crippen molar-refractivity contribution >= 4 is 27.9 Å². The molecule has 0 aliphatic rings.